The number of benzene rings is 2. The monoisotopic (exact) mass is 336 g/mol. The zero-order chi connectivity index (χ0) is 17.2. The number of nitrogens with one attached hydrogen (secondary N) is 2. The highest BCUT2D eigenvalue weighted by Gasteiger charge is 2.29. The average Bonchev–Trinajstić information content (AvgIpc) is 3.47. The van der Waals surface area contributed by atoms with Crippen LogP contribution in [0.25, 0.3) is 0 Å². The van der Waals surface area contributed by atoms with Gasteiger partial charge in [0, 0.05) is 17.2 Å². The van der Waals surface area contributed by atoms with Gasteiger partial charge in [0.1, 0.15) is 12.4 Å². The smallest absolute Gasteiger partial charge is 0.251 e. The maximum Gasteiger partial charge on any atom is 0.251 e. The Morgan fingerprint density at radius 2 is 1.88 bits per heavy atom. The molecule has 2 aromatic rings. The van der Waals surface area contributed by atoms with Crippen molar-refractivity contribution in [1.29, 1.82) is 0 Å². The van der Waals surface area contributed by atoms with E-state index in [1.165, 1.54) is 0 Å². The molecule has 0 bridgehead atoms. The lowest BCUT2D eigenvalue weighted by Crippen LogP contribution is -2.42. The summed E-state index contributed by atoms with van der Waals surface area (Å²) < 4.78 is 5.71. The van der Waals surface area contributed by atoms with Crippen LogP contribution in [-0.2, 0) is 11.2 Å². The van der Waals surface area contributed by atoms with E-state index in [9.17, 15) is 9.59 Å². The Kier molecular flexibility index (Phi) is 4.14. The predicted molar refractivity (Wildman–Crippen MR) is 94.7 cm³/mol. The largest absolute Gasteiger partial charge is 0.491 e. The van der Waals surface area contributed by atoms with E-state index < -0.39 is 0 Å². The van der Waals surface area contributed by atoms with Crippen molar-refractivity contribution in [2.75, 3.05) is 11.9 Å². The summed E-state index contributed by atoms with van der Waals surface area (Å²) in [4.78, 5) is 24.4. The summed E-state index contributed by atoms with van der Waals surface area (Å²) in [6.07, 6.45) is 2.66. The highest BCUT2D eigenvalue weighted by molar-refractivity contribution is 5.98. The highest BCUT2D eigenvalue weighted by Crippen LogP contribution is 2.30. The van der Waals surface area contributed by atoms with Crippen molar-refractivity contribution in [3.63, 3.8) is 0 Å². The fourth-order valence-corrected chi connectivity index (χ4v) is 3.02. The van der Waals surface area contributed by atoms with Gasteiger partial charge in [-0.3, -0.25) is 9.59 Å². The highest BCUT2D eigenvalue weighted by atomic mass is 16.5. The van der Waals surface area contributed by atoms with E-state index in [-0.39, 0.29) is 23.8 Å². The number of hydrogen-bond donors (Lipinski definition) is 2. The molecule has 1 atom stereocenters. The van der Waals surface area contributed by atoms with Crippen molar-refractivity contribution in [2.45, 2.75) is 25.3 Å². The molecule has 2 aromatic carbocycles. The van der Waals surface area contributed by atoms with Crippen LogP contribution in [0.4, 0.5) is 5.69 Å². The lowest BCUT2D eigenvalue weighted by molar-refractivity contribution is -0.117. The van der Waals surface area contributed by atoms with Crippen LogP contribution in [0, 0.1) is 5.92 Å². The van der Waals surface area contributed by atoms with Crippen molar-refractivity contribution in [1.82, 2.24) is 5.32 Å². The Morgan fingerprint density at radius 3 is 2.72 bits per heavy atom. The van der Waals surface area contributed by atoms with Gasteiger partial charge in [0.15, 0.2) is 0 Å². The molecule has 0 unspecified atom stereocenters. The minimum absolute atomic E-state index is 0.0369. The van der Waals surface area contributed by atoms with Gasteiger partial charge in [0.2, 0.25) is 5.91 Å². The summed E-state index contributed by atoms with van der Waals surface area (Å²) in [6, 6.07) is 14.9. The van der Waals surface area contributed by atoms with Crippen LogP contribution in [-0.4, -0.2) is 24.5 Å². The molecule has 1 heterocycles. The Morgan fingerprint density at radius 1 is 1.04 bits per heavy atom. The van der Waals surface area contributed by atoms with Crippen molar-refractivity contribution in [3.05, 3.63) is 59.7 Å². The fourth-order valence-electron chi connectivity index (χ4n) is 3.02. The number of anilines is 1. The lowest BCUT2D eigenvalue weighted by Gasteiger charge is -2.26. The Balaban J connectivity index is 1.40. The van der Waals surface area contributed by atoms with Crippen LogP contribution in [0.15, 0.2) is 48.5 Å². The molecule has 5 nitrogen and oxygen atoms in total. The molecule has 0 aromatic heterocycles. The number of fused-ring (bicyclic) bond motifs is 1. The minimum Gasteiger partial charge on any atom is -0.491 e. The van der Waals surface area contributed by atoms with E-state index in [1.807, 2.05) is 24.3 Å². The first-order chi connectivity index (χ1) is 12.2. The number of hydrogen-bond acceptors (Lipinski definition) is 3. The molecule has 128 valence electrons. The molecular formula is C20H20N2O3. The average molecular weight is 336 g/mol. The number of para-hydroxylation sites is 1. The normalized spacial score (nSPS) is 18.6. The van der Waals surface area contributed by atoms with Crippen molar-refractivity contribution >= 4 is 17.5 Å². The molecule has 0 radical (unpaired) electrons. The molecule has 2 N–H and O–H groups in total. The number of ether oxygens (including phenoxy) is 1. The summed E-state index contributed by atoms with van der Waals surface area (Å²) >= 11 is 0. The Labute approximate surface area is 146 Å². The molecule has 2 aliphatic rings. The first-order valence-corrected chi connectivity index (χ1v) is 8.61. The molecular weight excluding hydrogens is 316 g/mol. The molecule has 1 aliphatic heterocycles. The summed E-state index contributed by atoms with van der Waals surface area (Å²) in [5.41, 5.74) is 2.30. The van der Waals surface area contributed by atoms with Crippen LogP contribution >= 0.6 is 0 Å². The third-order valence-corrected chi connectivity index (χ3v) is 4.55. The van der Waals surface area contributed by atoms with Gasteiger partial charge in [0.05, 0.1) is 6.04 Å². The van der Waals surface area contributed by atoms with E-state index in [0.29, 0.717) is 17.9 Å². The molecule has 1 aliphatic carbocycles. The lowest BCUT2D eigenvalue weighted by atomic mass is 10.0. The SMILES string of the molecule is O=C(N[C@@H]1COc2ccccc2C1)c1cccc(NC(=O)C2CC2)c1. The molecule has 25 heavy (non-hydrogen) atoms. The van der Waals surface area contributed by atoms with Crippen LogP contribution in [0.3, 0.4) is 0 Å². The number of amides is 2. The van der Waals surface area contributed by atoms with Crippen molar-refractivity contribution in [3.8, 4) is 5.75 Å². The quantitative estimate of drug-likeness (QED) is 0.902. The first-order valence-electron chi connectivity index (χ1n) is 8.61. The van der Waals surface area contributed by atoms with E-state index >= 15 is 0 Å². The molecule has 2 amide bonds. The third-order valence-electron chi connectivity index (χ3n) is 4.55. The van der Waals surface area contributed by atoms with Gasteiger partial charge in [-0.2, -0.15) is 0 Å². The molecule has 1 saturated carbocycles. The van der Waals surface area contributed by atoms with Gasteiger partial charge in [-0.25, -0.2) is 0 Å². The van der Waals surface area contributed by atoms with Gasteiger partial charge in [-0.05, 0) is 49.1 Å². The van der Waals surface area contributed by atoms with Crippen LogP contribution in [0.2, 0.25) is 0 Å². The van der Waals surface area contributed by atoms with Gasteiger partial charge in [-0.15, -0.1) is 0 Å². The summed E-state index contributed by atoms with van der Waals surface area (Å²) in [7, 11) is 0. The van der Waals surface area contributed by atoms with Crippen LogP contribution in [0.1, 0.15) is 28.8 Å². The van der Waals surface area contributed by atoms with Crippen molar-refractivity contribution < 1.29 is 14.3 Å². The summed E-state index contributed by atoms with van der Waals surface area (Å²) in [5, 5.41) is 5.89. The topological polar surface area (TPSA) is 67.4 Å². The predicted octanol–water partition coefficient (Wildman–Crippen LogP) is 2.77. The molecule has 1 fully saturated rings. The van der Waals surface area contributed by atoms with Gasteiger partial charge < -0.3 is 15.4 Å². The second-order valence-corrected chi connectivity index (χ2v) is 6.64. The van der Waals surface area contributed by atoms with E-state index in [2.05, 4.69) is 10.6 Å². The molecule has 0 saturated heterocycles. The standard InChI is InChI=1S/C20H20N2O3/c23-19(13-8-9-13)21-16-6-3-5-15(11-16)20(24)22-17-10-14-4-1-2-7-18(14)25-12-17/h1-7,11,13,17H,8-10,12H2,(H,21,23)(H,22,24)/t17-/m0/s1. The fraction of sp³-hybridized carbons (Fsp3) is 0.300. The van der Waals surface area contributed by atoms with Crippen LogP contribution in [0.5, 0.6) is 5.75 Å². The minimum atomic E-state index is -0.157. The molecule has 4 rings (SSSR count). The number of carbonyl (C=O) groups is 2. The van der Waals surface area contributed by atoms with Gasteiger partial charge in [0.25, 0.3) is 5.91 Å². The van der Waals surface area contributed by atoms with Crippen molar-refractivity contribution in [2.24, 2.45) is 5.92 Å². The Bertz CT molecular complexity index is 814. The number of rotatable bonds is 4. The first kappa shape index (κ1) is 15.7. The number of carbonyl (C=O) groups excluding carboxylic acids is 2. The summed E-state index contributed by atoms with van der Waals surface area (Å²) in [5.74, 6) is 0.903. The second-order valence-electron chi connectivity index (χ2n) is 6.64. The van der Waals surface area contributed by atoms with Gasteiger partial charge >= 0.3 is 0 Å². The molecule has 5 heteroatoms. The van der Waals surface area contributed by atoms with Crippen LogP contribution < -0.4 is 15.4 Å². The maximum absolute atomic E-state index is 12.5. The van der Waals surface area contributed by atoms with Gasteiger partial charge in [-0.1, -0.05) is 24.3 Å². The van der Waals surface area contributed by atoms with E-state index in [1.54, 1.807) is 24.3 Å². The zero-order valence-corrected chi connectivity index (χ0v) is 13.8. The Hall–Kier alpha value is -2.82. The third kappa shape index (κ3) is 3.65. The molecule has 0 spiro atoms. The second kappa shape index (κ2) is 6.59. The van der Waals surface area contributed by atoms with E-state index in [4.69, 9.17) is 4.74 Å². The van der Waals surface area contributed by atoms with E-state index in [0.717, 1.165) is 30.6 Å². The maximum atomic E-state index is 12.5. The summed E-state index contributed by atoms with van der Waals surface area (Å²) in [6.45, 7) is 0.459. The zero-order valence-electron chi connectivity index (χ0n) is 13.8.